The van der Waals surface area contributed by atoms with Crippen molar-refractivity contribution in [3.63, 3.8) is 0 Å². The van der Waals surface area contributed by atoms with Crippen molar-refractivity contribution < 1.29 is 9.32 Å². The number of alkyl halides is 1. The molecule has 0 saturated carbocycles. The number of carbonyl (C=O) groups excluding carboxylic acids is 1. The summed E-state index contributed by atoms with van der Waals surface area (Å²) in [5.41, 5.74) is 0. The molecule has 0 N–H and O–H groups in total. The van der Waals surface area contributed by atoms with E-state index in [0.29, 0.717) is 0 Å². The first-order valence-electron chi connectivity index (χ1n) is 9.08. The van der Waals surface area contributed by atoms with Crippen molar-refractivity contribution in [3.8, 4) is 0 Å². The molecule has 140 valence electrons. The van der Waals surface area contributed by atoms with Crippen LogP contribution in [-0.4, -0.2) is 17.5 Å². The fraction of sp³-hybridized carbons (Fsp3) is 0.174. The zero-order chi connectivity index (χ0) is 19.2. The van der Waals surface area contributed by atoms with Crippen LogP contribution < -0.4 is 15.9 Å². The van der Waals surface area contributed by atoms with E-state index in [-0.39, 0.29) is 5.97 Å². The summed E-state index contributed by atoms with van der Waals surface area (Å²) in [6, 6.07) is 30.8. The molecule has 3 aromatic rings. The molecule has 0 amide bonds. The number of hydrogen-bond donors (Lipinski definition) is 0. The summed E-state index contributed by atoms with van der Waals surface area (Å²) in [5, 5.41) is 4.09. The van der Waals surface area contributed by atoms with Crippen molar-refractivity contribution in [2.75, 3.05) is 11.5 Å². The van der Waals surface area contributed by atoms with Crippen LogP contribution in [0.2, 0.25) is 0 Å². The molecule has 0 aliphatic heterocycles. The Morgan fingerprint density at radius 1 is 0.778 bits per heavy atom. The van der Waals surface area contributed by atoms with Crippen LogP contribution in [0.15, 0.2) is 91.0 Å². The Bertz CT molecular complexity index is 783. The molecular formula is C23H24BrO2P. The molecule has 0 bridgehead atoms. The first-order chi connectivity index (χ1) is 13.1. The second-order valence-electron chi connectivity index (χ2n) is 6.57. The van der Waals surface area contributed by atoms with Gasteiger partial charge in [-0.25, -0.2) is 0 Å². The number of carbonyl (C=O) groups is 1. The van der Waals surface area contributed by atoms with Crippen molar-refractivity contribution in [1.82, 2.24) is 0 Å². The normalized spacial score (nSPS) is 12.7. The molecule has 0 fully saturated rings. The van der Waals surface area contributed by atoms with Gasteiger partial charge in [0.05, 0.1) is 0 Å². The van der Waals surface area contributed by atoms with Gasteiger partial charge in [0, 0.05) is 0 Å². The van der Waals surface area contributed by atoms with Gasteiger partial charge < -0.3 is 0 Å². The van der Waals surface area contributed by atoms with E-state index in [4.69, 9.17) is 4.52 Å². The Morgan fingerprint density at radius 3 is 1.44 bits per heavy atom. The van der Waals surface area contributed by atoms with Crippen LogP contribution in [-0.2, 0) is 9.32 Å². The van der Waals surface area contributed by atoms with Gasteiger partial charge in [-0.05, 0) is 0 Å². The molecule has 4 heteroatoms. The second-order valence-corrected chi connectivity index (χ2v) is 12.0. The molecule has 0 heterocycles. The monoisotopic (exact) mass is 442 g/mol. The van der Waals surface area contributed by atoms with Gasteiger partial charge in [-0.3, -0.25) is 0 Å². The molecule has 0 aliphatic carbocycles. The van der Waals surface area contributed by atoms with Crippen molar-refractivity contribution in [2.24, 2.45) is 0 Å². The molecule has 0 radical (unpaired) electrons. The van der Waals surface area contributed by atoms with Gasteiger partial charge in [0.1, 0.15) is 0 Å². The Hall–Kier alpha value is -1.96. The minimum absolute atomic E-state index is 0.251. The Morgan fingerprint density at radius 2 is 1.15 bits per heavy atom. The Balaban J connectivity index is 2.49. The number of hydrogen-bond acceptors (Lipinski definition) is 2. The van der Waals surface area contributed by atoms with Gasteiger partial charge >= 0.3 is 170 Å². The third kappa shape index (κ3) is 3.47. The average Bonchev–Trinajstić information content (AvgIpc) is 2.73. The van der Waals surface area contributed by atoms with Crippen LogP contribution in [0.5, 0.6) is 0 Å². The van der Waals surface area contributed by atoms with E-state index >= 15 is 0 Å². The van der Waals surface area contributed by atoms with Gasteiger partial charge in [0.15, 0.2) is 0 Å². The maximum absolute atomic E-state index is 12.5. The van der Waals surface area contributed by atoms with Gasteiger partial charge in [-0.15, -0.1) is 0 Å². The van der Waals surface area contributed by atoms with Crippen LogP contribution in [0.1, 0.15) is 13.3 Å². The number of halogens is 1. The van der Waals surface area contributed by atoms with Gasteiger partial charge in [0.2, 0.25) is 0 Å². The van der Waals surface area contributed by atoms with Crippen molar-refractivity contribution in [2.45, 2.75) is 13.3 Å². The summed E-state index contributed by atoms with van der Waals surface area (Å²) in [7, 11) is 0. The van der Waals surface area contributed by atoms with E-state index in [0.717, 1.165) is 33.8 Å². The predicted molar refractivity (Wildman–Crippen MR) is 120 cm³/mol. The zero-order valence-corrected chi connectivity index (χ0v) is 17.9. The Kier molecular flexibility index (Phi) is 6.14. The van der Waals surface area contributed by atoms with Gasteiger partial charge in [0.25, 0.3) is 0 Å². The van der Waals surface area contributed by atoms with Crippen molar-refractivity contribution >= 4 is 44.6 Å². The summed E-state index contributed by atoms with van der Waals surface area (Å²) < 4.78 is 6.56. The molecular weight excluding hydrogens is 419 g/mol. The molecule has 0 aliphatic rings. The summed E-state index contributed by atoms with van der Waals surface area (Å²) in [6.07, 6.45) is 1.65. The van der Waals surface area contributed by atoms with Crippen LogP contribution in [0.3, 0.4) is 0 Å². The standard InChI is InChI=1S/C23H24BrO2P/c1-20(25)26-27(19-11-18-24,21-12-5-2-6-13-21,22-14-7-3-8-15-22)23-16-9-4-10-17-23/h2-10,12-17H,11,18-19H2,1H3. The quantitative estimate of drug-likeness (QED) is 0.388. The number of benzene rings is 3. The molecule has 0 aromatic heterocycles. The van der Waals surface area contributed by atoms with E-state index in [2.05, 4.69) is 52.3 Å². The van der Waals surface area contributed by atoms with E-state index in [1.807, 2.05) is 54.6 Å². The van der Waals surface area contributed by atoms with Gasteiger partial charge in [-0.1, -0.05) is 0 Å². The fourth-order valence-electron chi connectivity index (χ4n) is 3.91. The molecule has 2 nitrogen and oxygen atoms in total. The van der Waals surface area contributed by atoms with Crippen LogP contribution >= 0.6 is 22.8 Å². The van der Waals surface area contributed by atoms with Crippen LogP contribution in [0.25, 0.3) is 0 Å². The van der Waals surface area contributed by atoms with E-state index in [1.165, 1.54) is 6.92 Å². The third-order valence-corrected chi connectivity index (χ3v) is 11.5. The average molecular weight is 443 g/mol. The molecule has 3 aromatic carbocycles. The zero-order valence-electron chi connectivity index (χ0n) is 15.4. The molecule has 0 saturated heterocycles. The summed E-state index contributed by atoms with van der Waals surface area (Å²) in [6.45, 7) is -1.93. The van der Waals surface area contributed by atoms with Crippen molar-refractivity contribution in [3.05, 3.63) is 91.0 Å². The molecule has 3 rings (SSSR count). The number of rotatable bonds is 7. The molecule has 0 spiro atoms. The first kappa shape index (κ1) is 19.8. The van der Waals surface area contributed by atoms with E-state index in [1.54, 1.807) is 0 Å². The molecule has 0 atom stereocenters. The minimum atomic E-state index is -3.45. The third-order valence-electron chi connectivity index (χ3n) is 4.96. The maximum atomic E-state index is 12.5. The first-order valence-corrected chi connectivity index (χ1v) is 12.5. The van der Waals surface area contributed by atoms with Gasteiger partial charge in [-0.2, -0.15) is 0 Å². The summed E-state index contributed by atoms with van der Waals surface area (Å²) in [5.74, 6) is -0.251. The predicted octanol–water partition coefficient (Wildman–Crippen LogP) is 4.78. The van der Waals surface area contributed by atoms with Crippen molar-refractivity contribution in [1.29, 1.82) is 0 Å². The summed E-state index contributed by atoms with van der Waals surface area (Å²) in [4.78, 5) is 12.5. The topological polar surface area (TPSA) is 26.3 Å². The van der Waals surface area contributed by atoms with E-state index < -0.39 is 6.83 Å². The summed E-state index contributed by atoms with van der Waals surface area (Å²) >= 11 is 3.59. The molecule has 0 unspecified atom stereocenters. The Labute approximate surface area is 169 Å². The second kappa shape index (κ2) is 8.37. The van der Waals surface area contributed by atoms with E-state index in [9.17, 15) is 4.79 Å². The van der Waals surface area contributed by atoms with Crippen LogP contribution in [0, 0.1) is 0 Å². The fourth-order valence-corrected chi connectivity index (χ4v) is 10.4. The molecule has 27 heavy (non-hydrogen) atoms. The van der Waals surface area contributed by atoms with Crippen LogP contribution in [0.4, 0.5) is 0 Å². The SMILES string of the molecule is CC(=O)OP(CCCBr)(c1ccccc1)(c1ccccc1)c1ccccc1.